The first kappa shape index (κ1) is 20.5. The zero-order valence-electron chi connectivity index (χ0n) is 17.6. The number of thioether (sulfide) groups is 1. The number of nitrogens with zero attached hydrogens (tertiary/aromatic N) is 3. The van der Waals surface area contributed by atoms with Crippen molar-refractivity contribution in [3.8, 4) is 5.69 Å². The van der Waals surface area contributed by atoms with Gasteiger partial charge in [0.15, 0.2) is 0 Å². The summed E-state index contributed by atoms with van der Waals surface area (Å²) in [6.45, 7) is 2.24. The Bertz CT molecular complexity index is 1200. The molecule has 32 heavy (non-hydrogen) atoms. The predicted octanol–water partition coefficient (Wildman–Crippen LogP) is 3.94. The molecule has 0 radical (unpaired) electrons. The van der Waals surface area contributed by atoms with E-state index in [4.69, 9.17) is 5.10 Å². The summed E-state index contributed by atoms with van der Waals surface area (Å²) in [7, 11) is 0. The average Bonchev–Trinajstić information content (AvgIpc) is 3.45. The van der Waals surface area contributed by atoms with E-state index in [1.807, 2.05) is 31.2 Å². The molecule has 2 aromatic carbocycles. The summed E-state index contributed by atoms with van der Waals surface area (Å²) in [6, 6.07) is 14.8. The van der Waals surface area contributed by atoms with E-state index in [1.165, 1.54) is 4.90 Å². The molecule has 5 rings (SSSR count). The normalized spacial score (nSPS) is 14.6. The Morgan fingerprint density at radius 2 is 1.72 bits per heavy atom. The van der Waals surface area contributed by atoms with Gasteiger partial charge in [0.05, 0.1) is 22.5 Å². The van der Waals surface area contributed by atoms with E-state index in [-0.39, 0.29) is 30.7 Å². The highest BCUT2D eigenvalue weighted by atomic mass is 32.2. The summed E-state index contributed by atoms with van der Waals surface area (Å²) in [6.07, 6.45) is 0.599. The van der Waals surface area contributed by atoms with Crippen molar-refractivity contribution in [2.75, 3.05) is 11.9 Å². The van der Waals surface area contributed by atoms with E-state index in [9.17, 15) is 14.4 Å². The Kier molecular flexibility index (Phi) is 5.30. The van der Waals surface area contributed by atoms with E-state index in [1.54, 1.807) is 40.7 Å². The minimum absolute atomic E-state index is 0.158. The minimum Gasteiger partial charge on any atom is -0.310 e. The van der Waals surface area contributed by atoms with Crippen LogP contribution >= 0.6 is 11.8 Å². The zero-order valence-corrected chi connectivity index (χ0v) is 18.4. The van der Waals surface area contributed by atoms with Gasteiger partial charge in [0, 0.05) is 30.0 Å². The first-order valence-corrected chi connectivity index (χ1v) is 11.7. The van der Waals surface area contributed by atoms with Gasteiger partial charge < -0.3 is 5.32 Å². The van der Waals surface area contributed by atoms with Gasteiger partial charge in [-0.05, 0) is 37.6 Å². The number of anilines is 1. The van der Waals surface area contributed by atoms with Crippen molar-refractivity contribution in [1.29, 1.82) is 0 Å². The molecule has 1 N–H and O–H groups in total. The van der Waals surface area contributed by atoms with Crippen molar-refractivity contribution in [3.63, 3.8) is 0 Å². The first-order chi connectivity index (χ1) is 15.5. The number of rotatable bonds is 6. The van der Waals surface area contributed by atoms with Crippen molar-refractivity contribution in [2.45, 2.75) is 31.3 Å². The summed E-state index contributed by atoms with van der Waals surface area (Å²) in [4.78, 5) is 38.9. The van der Waals surface area contributed by atoms with Crippen LogP contribution in [0.1, 0.15) is 50.4 Å². The lowest BCUT2D eigenvalue weighted by Gasteiger charge is -2.14. The fraction of sp³-hybridized carbons (Fsp3) is 0.250. The molecule has 162 valence electrons. The maximum Gasteiger partial charge on any atom is 0.261 e. The van der Waals surface area contributed by atoms with Crippen LogP contribution in [0.5, 0.6) is 0 Å². The van der Waals surface area contributed by atoms with Crippen LogP contribution in [0.2, 0.25) is 0 Å². The van der Waals surface area contributed by atoms with Crippen molar-refractivity contribution in [3.05, 3.63) is 76.5 Å². The highest BCUT2D eigenvalue weighted by Crippen LogP contribution is 2.36. The van der Waals surface area contributed by atoms with Crippen molar-refractivity contribution < 1.29 is 14.4 Å². The number of carbonyl (C=O) groups is 3. The highest BCUT2D eigenvalue weighted by Gasteiger charge is 2.34. The topological polar surface area (TPSA) is 84.3 Å². The number of aryl methyl sites for hydroxylation is 1. The molecular formula is C24H22N4O3S. The maximum absolute atomic E-state index is 12.8. The van der Waals surface area contributed by atoms with Crippen LogP contribution in [-0.4, -0.2) is 38.9 Å². The fourth-order valence-corrected chi connectivity index (χ4v) is 5.08. The molecule has 2 aliphatic heterocycles. The molecule has 0 atom stereocenters. The number of imide groups is 1. The van der Waals surface area contributed by atoms with E-state index < -0.39 is 0 Å². The number of aromatic nitrogens is 2. The van der Waals surface area contributed by atoms with Gasteiger partial charge in [0.1, 0.15) is 5.82 Å². The number of fused-ring (bicyclic) bond motifs is 2. The summed E-state index contributed by atoms with van der Waals surface area (Å²) >= 11 is 1.78. The van der Waals surface area contributed by atoms with Crippen LogP contribution < -0.4 is 5.32 Å². The maximum atomic E-state index is 12.8. The Morgan fingerprint density at radius 3 is 2.41 bits per heavy atom. The van der Waals surface area contributed by atoms with E-state index in [0.717, 1.165) is 34.0 Å². The van der Waals surface area contributed by atoms with Crippen LogP contribution in [0.3, 0.4) is 0 Å². The van der Waals surface area contributed by atoms with Gasteiger partial charge in [-0.3, -0.25) is 19.3 Å². The second kappa shape index (κ2) is 8.27. The average molecular weight is 447 g/mol. The molecule has 1 aromatic heterocycles. The molecule has 0 aliphatic carbocycles. The summed E-state index contributed by atoms with van der Waals surface area (Å²) in [5.41, 5.74) is 4.97. The molecule has 0 saturated carbocycles. The number of hydrogen-bond acceptors (Lipinski definition) is 5. The second-order valence-electron chi connectivity index (χ2n) is 7.97. The molecule has 0 saturated heterocycles. The Morgan fingerprint density at radius 1 is 1.03 bits per heavy atom. The molecule has 0 unspecified atom stereocenters. The third-order valence-electron chi connectivity index (χ3n) is 5.75. The predicted molar refractivity (Wildman–Crippen MR) is 123 cm³/mol. The van der Waals surface area contributed by atoms with Gasteiger partial charge in [-0.2, -0.15) is 16.9 Å². The fourth-order valence-electron chi connectivity index (χ4n) is 4.05. The Balaban J connectivity index is 1.26. The quantitative estimate of drug-likeness (QED) is 0.580. The van der Waals surface area contributed by atoms with Crippen LogP contribution in [0.4, 0.5) is 5.82 Å². The summed E-state index contributed by atoms with van der Waals surface area (Å²) in [5.74, 6) is 1.61. The standard InChI is InChI=1S/C24H22N4O3S/c1-15-8-10-16(11-9-15)28-22(19-13-32-14-20(19)26-28)25-21(29)7-4-12-27-23(30)17-5-2-3-6-18(17)24(27)31/h2-3,5-6,8-11H,4,7,12-14H2,1H3,(H,25,29). The molecule has 0 fully saturated rings. The van der Waals surface area contributed by atoms with Gasteiger partial charge in [0.2, 0.25) is 5.91 Å². The van der Waals surface area contributed by atoms with Crippen molar-refractivity contribution in [2.24, 2.45) is 0 Å². The lowest BCUT2D eigenvalue weighted by Crippen LogP contribution is -2.31. The molecule has 3 amide bonds. The molecule has 3 aromatic rings. The Hall–Kier alpha value is -3.39. The van der Waals surface area contributed by atoms with E-state index in [2.05, 4.69) is 5.32 Å². The van der Waals surface area contributed by atoms with Crippen LogP contribution in [0, 0.1) is 6.92 Å². The van der Waals surface area contributed by atoms with Gasteiger partial charge in [-0.1, -0.05) is 29.8 Å². The molecule has 7 nitrogen and oxygen atoms in total. The van der Waals surface area contributed by atoms with Crippen molar-refractivity contribution in [1.82, 2.24) is 14.7 Å². The Labute approximate surface area is 189 Å². The van der Waals surface area contributed by atoms with Gasteiger partial charge in [-0.25, -0.2) is 4.68 Å². The molecule has 3 heterocycles. The van der Waals surface area contributed by atoms with Crippen LogP contribution in [0.25, 0.3) is 5.69 Å². The smallest absolute Gasteiger partial charge is 0.261 e. The number of carbonyl (C=O) groups excluding carboxylic acids is 3. The molecule has 0 bridgehead atoms. The number of nitrogens with one attached hydrogen (secondary N) is 1. The lowest BCUT2D eigenvalue weighted by atomic mass is 10.1. The molecular weight excluding hydrogens is 424 g/mol. The van der Waals surface area contributed by atoms with E-state index in [0.29, 0.717) is 23.4 Å². The van der Waals surface area contributed by atoms with E-state index >= 15 is 0 Å². The molecule has 2 aliphatic rings. The van der Waals surface area contributed by atoms with Crippen molar-refractivity contribution >= 4 is 35.3 Å². The second-order valence-corrected chi connectivity index (χ2v) is 8.96. The highest BCUT2D eigenvalue weighted by molar-refractivity contribution is 7.98. The summed E-state index contributed by atoms with van der Waals surface area (Å²) in [5, 5.41) is 7.74. The summed E-state index contributed by atoms with van der Waals surface area (Å²) < 4.78 is 1.80. The first-order valence-electron chi connectivity index (χ1n) is 10.5. The van der Waals surface area contributed by atoms with Gasteiger partial charge >= 0.3 is 0 Å². The molecule has 0 spiro atoms. The zero-order chi connectivity index (χ0) is 22.2. The molecule has 8 heteroatoms. The number of hydrogen-bond donors (Lipinski definition) is 1. The third kappa shape index (κ3) is 3.60. The number of benzene rings is 2. The minimum atomic E-state index is -0.293. The monoisotopic (exact) mass is 446 g/mol. The van der Waals surface area contributed by atoms with Gasteiger partial charge in [0.25, 0.3) is 11.8 Å². The van der Waals surface area contributed by atoms with Crippen LogP contribution in [0.15, 0.2) is 48.5 Å². The largest absolute Gasteiger partial charge is 0.310 e. The lowest BCUT2D eigenvalue weighted by molar-refractivity contribution is -0.116. The third-order valence-corrected chi connectivity index (χ3v) is 6.72. The van der Waals surface area contributed by atoms with Crippen LogP contribution in [-0.2, 0) is 16.3 Å². The van der Waals surface area contributed by atoms with Gasteiger partial charge in [-0.15, -0.1) is 0 Å². The number of amides is 3. The SMILES string of the molecule is Cc1ccc(-n2nc3c(c2NC(=O)CCCN2C(=O)c4ccccc4C2=O)CSC3)cc1.